The quantitative estimate of drug-likeness (QED) is 0.635. The highest BCUT2D eigenvalue weighted by Crippen LogP contribution is 2.23. The number of benzene rings is 1. The van der Waals surface area contributed by atoms with Gasteiger partial charge in [-0.3, -0.25) is 9.69 Å². The van der Waals surface area contributed by atoms with Crippen LogP contribution in [-0.2, 0) is 4.79 Å². The fourth-order valence-electron chi connectivity index (χ4n) is 3.86. The number of halogens is 1. The molecule has 162 valence electrons. The molecule has 0 spiro atoms. The summed E-state index contributed by atoms with van der Waals surface area (Å²) in [4.78, 5) is 21.6. The van der Waals surface area contributed by atoms with Gasteiger partial charge in [0.1, 0.15) is 5.82 Å². The number of aromatic nitrogens is 3. The van der Waals surface area contributed by atoms with E-state index in [2.05, 4.69) is 25.2 Å². The van der Waals surface area contributed by atoms with Crippen molar-refractivity contribution in [3.8, 4) is 5.69 Å². The number of carbonyl (C=O) groups excluding carboxylic acids is 1. The number of anilines is 2. The van der Waals surface area contributed by atoms with Crippen LogP contribution in [-0.4, -0.2) is 58.3 Å². The lowest BCUT2D eigenvalue weighted by atomic mass is 10.2. The molecule has 0 unspecified atom stereocenters. The molecule has 1 aliphatic heterocycles. The Balaban J connectivity index is 1.28. The predicted molar refractivity (Wildman–Crippen MR) is 124 cm³/mol. The number of hydrogen-bond acceptors (Lipinski definition) is 5. The third-order valence-corrected chi connectivity index (χ3v) is 5.84. The SMILES string of the molecule is Cc1nn(-c2ccccc2)c(C)c1NC(=O)CCN1CCN(c2ccc(Cl)cn2)CC1. The van der Waals surface area contributed by atoms with E-state index >= 15 is 0 Å². The van der Waals surface area contributed by atoms with E-state index < -0.39 is 0 Å². The predicted octanol–water partition coefficient (Wildman–Crippen LogP) is 3.69. The van der Waals surface area contributed by atoms with Crippen molar-refractivity contribution >= 4 is 29.0 Å². The van der Waals surface area contributed by atoms with Crippen LogP contribution < -0.4 is 10.2 Å². The molecule has 8 heteroatoms. The molecule has 0 aliphatic carbocycles. The molecule has 0 atom stereocenters. The third-order valence-electron chi connectivity index (χ3n) is 5.62. The van der Waals surface area contributed by atoms with E-state index in [0.29, 0.717) is 11.4 Å². The highest BCUT2D eigenvalue weighted by Gasteiger charge is 2.20. The van der Waals surface area contributed by atoms with Crippen molar-refractivity contribution in [3.63, 3.8) is 0 Å². The van der Waals surface area contributed by atoms with Gasteiger partial charge in [0.15, 0.2) is 0 Å². The number of rotatable bonds is 6. The summed E-state index contributed by atoms with van der Waals surface area (Å²) in [7, 11) is 0. The lowest BCUT2D eigenvalue weighted by Crippen LogP contribution is -2.47. The van der Waals surface area contributed by atoms with Crippen LogP contribution >= 0.6 is 11.6 Å². The summed E-state index contributed by atoms with van der Waals surface area (Å²) in [6.45, 7) is 8.22. The van der Waals surface area contributed by atoms with Crippen LogP contribution in [0.3, 0.4) is 0 Å². The monoisotopic (exact) mass is 438 g/mol. The van der Waals surface area contributed by atoms with Gasteiger partial charge in [-0.25, -0.2) is 9.67 Å². The minimum atomic E-state index is 0.0145. The van der Waals surface area contributed by atoms with Gasteiger partial charge in [-0.2, -0.15) is 5.10 Å². The topological polar surface area (TPSA) is 66.3 Å². The number of pyridine rings is 1. The highest BCUT2D eigenvalue weighted by atomic mass is 35.5. The van der Waals surface area contributed by atoms with Gasteiger partial charge < -0.3 is 10.2 Å². The Hall–Kier alpha value is -2.90. The zero-order valence-corrected chi connectivity index (χ0v) is 18.6. The highest BCUT2D eigenvalue weighted by molar-refractivity contribution is 6.30. The minimum Gasteiger partial charge on any atom is -0.354 e. The molecule has 7 nitrogen and oxygen atoms in total. The van der Waals surface area contributed by atoms with Crippen LogP contribution in [0.2, 0.25) is 5.02 Å². The average molecular weight is 439 g/mol. The largest absolute Gasteiger partial charge is 0.354 e. The van der Waals surface area contributed by atoms with Crippen molar-refractivity contribution in [2.45, 2.75) is 20.3 Å². The molecule has 1 aliphatic rings. The van der Waals surface area contributed by atoms with Crippen LogP contribution in [0, 0.1) is 13.8 Å². The first-order chi connectivity index (χ1) is 15.0. The maximum absolute atomic E-state index is 12.6. The number of hydrogen-bond donors (Lipinski definition) is 1. The van der Waals surface area contributed by atoms with Gasteiger partial charge in [-0.05, 0) is 38.1 Å². The first-order valence-corrected chi connectivity index (χ1v) is 10.9. The van der Waals surface area contributed by atoms with Crippen LogP contribution in [0.4, 0.5) is 11.5 Å². The number of carbonyl (C=O) groups is 1. The van der Waals surface area contributed by atoms with E-state index in [0.717, 1.165) is 61.3 Å². The molecule has 2 aromatic heterocycles. The summed E-state index contributed by atoms with van der Waals surface area (Å²) >= 11 is 5.92. The smallest absolute Gasteiger partial charge is 0.225 e. The molecule has 1 aromatic carbocycles. The van der Waals surface area contributed by atoms with Crippen LogP contribution in [0.15, 0.2) is 48.7 Å². The lowest BCUT2D eigenvalue weighted by molar-refractivity contribution is -0.116. The fourth-order valence-corrected chi connectivity index (χ4v) is 3.97. The molecule has 3 aromatic rings. The number of nitrogens with zero attached hydrogens (tertiary/aromatic N) is 5. The molecule has 4 rings (SSSR count). The summed E-state index contributed by atoms with van der Waals surface area (Å²) in [5.74, 6) is 0.962. The molecule has 1 amide bonds. The Morgan fingerprint density at radius 1 is 1.06 bits per heavy atom. The molecular formula is C23H27ClN6O. The van der Waals surface area contributed by atoms with Crippen molar-refractivity contribution in [1.29, 1.82) is 0 Å². The third kappa shape index (κ3) is 5.06. The summed E-state index contributed by atoms with van der Waals surface area (Å²) in [6.07, 6.45) is 2.13. The molecule has 0 saturated carbocycles. The van der Waals surface area contributed by atoms with E-state index in [1.807, 2.05) is 61.0 Å². The average Bonchev–Trinajstić information content (AvgIpc) is 3.07. The number of nitrogens with one attached hydrogen (secondary N) is 1. The molecule has 1 N–H and O–H groups in total. The Bertz CT molecular complexity index is 1030. The van der Waals surface area contributed by atoms with Crippen molar-refractivity contribution < 1.29 is 4.79 Å². The Kier molecular flexibility index (Phi) is 6.53. The zero-order valence-electron chi connectivity index (χ0n) is 17.9. The summed E-state index contributed by atoms with van der Waals surface area (Å²) < 4.78 is 1.87. The lowest BCUT2D eigenvalue weighted by Gasteiger charge is -2.35. The molecule has 3 heterocycles. The number of amides is 1. The maximum Gasteiger partial charge on any atom is 0.225 e. The summed E-state index contributed by atoms with van der Waals surface area (Å²) in [5.41, 5.74) is 3.53. The van der Waals surface area contributed by atoms with Crippen LogP contribution in [0.1, 0.15) is 17.8 Å². The van der Waals surface area contributed by atoms with E-state index in [-0.39, 0.29) is 5.91 Å². The second-order valence-electron chi connectivity index (χ2n) is 7.75. The molecule has 31 heavy (non-hydrogen) atoms. The maximum atomic E-state index is 12.6. The molecule has 1 saturated heterocycles. The fraction of sp³-hybridized carbons (Fsp3) is 0.348. The minimum absolute atomic E-state index is 0.0145. The van der Waals surface area contributed by atoms with Gasteiger partial charge in [-0.15, -0.1) is 0 Å². The second kappa shape index (κ2) is 9.49. The van der Waals surface area contributed by atoms with Crippen molar-refractivity contribution in [1.82, 2.24) is 19.7 Å². The van der Waals surface area contributed by atoms with E-state index in [1.54, 1.807) is 6.20 Å². The normalized spacial score (nSPS) is 14.6. The molecule has 1 fully saturated rings. The molecular weight excluding hydrogens is 412 g/mol. The first kappa shape index (κ1) is 21.3. The number of piperazine rings is 1. The van der Waals surface area contributed by atoms with E-state index in [9.17, 15) is 4.79 Å². The summed E-state index contributed by atoms with van der Waals surface area (Å²) in [6, 6.07) is 13.8. The van der Waals surface area contributed by atoms with Gasteiger partial charge >= 0.3 is 0 Å². The molecule has 0 radical (unpaired) electrons. The number of aryl methyl sites for hydroxylation is 1. The van der Waals surface area contributed by atoms with E-state index in [1.165, 1.54) is 0 Å². The van der Waals surface area contributed by atoms with Gasteiger partial charge in [0.2, 0.25) is 5.91 Å². The first-order valence-electron chi connectivity index (χ1n) is 10.5. The van der Waals surface area contributed by atoms with Gasteiger partial charge in [-0.1, -0.05) is 29.8 Å². The van der Waals surface area contributed by atoms with E-state index in [4.69, 9.17) is 11.6 Å². The number of para-hydroxylation sites is 1. The van der Waals surface area contributed by atoms with Crippen LogP contribution in [0.25, 0.3) is 5.69 Å². The van der Waals surface area contributed by atoms with Crippen LogP contribution in [0.5, 0.6) is 0 Å². The van der Waals surface area contributed by atoms with Gasteiger partial charge in [0, 0.05) is 45.3 Å². The standard InChI is InChI=1S/C23H27ClN6O/c1-17-23(18(2)30(27-17)20-6-4-3-5-7-20)26-22(31)10-11-28-12-14-29(15-13-28)21-9-8-19(24)16-25-21/h3-9,16H,10-15H2,1-2H3,(H,26,31). The van der Waals surface area contributed by atoms with Gasteiger partial charge in [0.25, 0.3) is 0 Å². The van der Waals surface area contributed by atoms with Gasteiger partial charge in [0.05, 0.1) is 27.8 Å². The summed E-state index contributed by atoms with van der Waals surface area (Å²) in [5, 5.41) is 8.31. The second-order valence-corrected chi connectivity index (χ2v) is 8.19. The van der Waals surface area contributed by atoms with Crippen molar-refractivity contribution in [2.24, 2.45) is 0 Å². The Morgan fingerprint density at radius 3 is 2.48 bits per heavy atom. The molecule has 0 bridgehead atoms. The zero-order chi connectivity index (χ0) is 21.8. The van der Waals surface area contributed by atoms with Crippen molar-refractivity contribution in [2.75, 3.05) is 42.9 Å². The Morgan fingerprint density at radius 2 is 1.81 bits per heavy atom. The van der Waals surface area contributed by atoms with Crippen molar-refractivity contribution in [3.05, 3.63) is 65.1 Å². The Labute approximate surface area is 187 Å².